The van der Waals surface area contributed by atoms with Crippen LogP contribution >= 0.6 is 0 Å². The van der Waals surface area contributed by atoms with E-state index in [1.54, 1.807) is 24.5 Å². The van der Waals surface area contributed by atoms with Gasteiger partial charge in [-0.15, -0.1) is 0 Å². The largest absolute Gasteiger partial charge is 0.458 e. The Balaban J connectivity index is 1.57. The predicted molar refractivity (Wildman–Crippen MR) is 126 cm³/mol. The van der Waals surface area contributed by atoms with Crippen molar-refractivity contribution in [3.8, 4) is 0 Å². The molecule has 164 valence electrons. The summed E-state index contributed by atoms with van der Waals surface area (Å²) in [6.45, 7) is 0. The first-order chi connectivity index (χ1) is 15.6. The van der Waals surface area contributed by atoms with E-state index in [-0.39, 0.29) is 23.5 Å². The van der Waals surface area contributed by atoms with Gasteiger partial charge in [0, 0.05) is 30.3 Å². The van der Waals surface area contributed by atoms with Crippen molar-refractivity contribution in [2.24, 2.45) is 5.92 Å². The van der Waals surface area contributed by atoms with Crippen molar-refractivity contribution in [2.45, 2.75) is 42.7 Å². The van der Waals surface area contributed by atoms with Crippen LogP contribution in [0, 0.1) is 5.92 Å². The molecule has 1 heterocycles. The highest BCUT2D eigenvalue weighted by molar-refractivity contribution is 5.89. The Bertz CT molecular complexity index is 1000. The molecule has 3 aliphatic rings. The SMILES string of the molecule is CN(C)C12C[C@@H](OC(=O)c3cccnc3)C([C@H](c3ccccc3)C1)[C@H](c1ccccc1)C2. The van der Waals surface area contributed by atoms with Gasteiger partial charge in [0.05, 0.1) is 5.56 Å². The summed E-state index contributed by atoms with van der Waals surface area (Å²) in [4.78, 5) is 19.6. The van der Waals surface area contributed by atoms with E-state index in [1.165, 1.54) is 11.1 Å². The fourth-order valence-corrected chi connectivity index (χ4v) is 6.09. The molecular weight excluding hydrogens is 396 g/mol. The van der Waals surface area contributed by atoms with Crippen LogP contribution in [0.3, 0.4) is 0 Å². The number of fused-ring (bicyclic) bond motifs is 3. The summed E-state index contributed by atoms with van der Waals surface area (Å²) in [6.07, 6.45) is 6.15. The van der Waals surface area contributed by atoms with Crippen molar-refractivity contribution >= 4 is 5.97 Å². The van der Waals surface area contributed by atoms with Gasteiger partial charge in [0.25, 0.3) is 0 Å². The summed E-state index contributed by atoms with van der Waals surface area (Å²) in [5, 5.41) is 0. The van der Waals surface area contributed by atoms with Crippen LogP contribution < -0.4 is 0 Å². The van der Waals surface area contributed by atoms with Crippen molar-refractivity contribution in [2.75, 3.05) is 14.1 Å². The third kappa shape index (κ3) is 3.73. The number of carbonyl (C=O) groups is 1. The fraction of sp³-hybridized carbons (Fsp3) is 0.357. The minimum Gasteiger partial charge on any atom is -0.458 e. The maximum Gasteiger partial charge on any atom is 0.339 e. The molecule has 3 aromatic rings. The van der Waals surface area contributed by atoms with E-state index in [0.717, 1.165) is 19.3 Å². The highest BCUT2D eigenvalue weighted by atomic mass is 16.5. The summed E-state index contributed by atoms with van der Waals surface area (Å²) in [6, 6.07) is 25.1. The van der Waals surface area contributed by atoms with Crippen LogP contribution in [-0.2, 0) is 4.74 Å². The molecule has 0 spiro atoms. The zero-order chi connectivity index (χ0) is 22.1. The Morgan fingerprint density at radius 3 is 1.97 bits per heavy atom. The number of rotatable bonds is 5. The Kier molecular flexibility index (Phi) is 5.56. The number of hydrogen-bond donors (Lipinski definition) is 0. The van der Waals surface area contributed by atoms with Crippen LogP contribution in [0.4, 0.5) is 0 Å². The number of nitrogens with zero attached hydrogens (tertiary/aromatic N) is 2. The van der Waals surface area contributed by atoms with Gasteiger partial charge in [-0.25, -0.2) is 4.79 Å². The Labute approximate surface area is 190 Å². The number of esters is 1. The van der Waals surface area contributed by atoms with E-state index in [2.05, 4.69) is 84.6 Å². The first-order valence-corrected chi connectivity index (χ1v) is 11.5. The van der Waals surface area contributed by atoms with Gasteiger partial charge in [-0.1, -0.05) is 60.7 Å². The van der Waals surface area contributed by atoms with Crippen molar-refractivity contribution in [3.63, 3.8) is 0 Å². The molecule has 0 aliphatic heterocycles. The average molecular weight is 427 g/mol. The second kappa shape index (κ2) is 8.51. The number of aromatic nitrogens is 1. The number of ether oxygens (including phenoxy) is 1. The number of carbonyl (C=O) groups excluding carboxylic acids is 1. The Morgan fingerprint density at radius 1 is 0.875 bits per heavy atom. The van der Waals surface area contributed by atoms with E-state index in [1.807, 2.05) is 0 Å². The van der Waals surface area contributed by atoms with Crippen LogP contribution in [0.5, 0.6) is 0 Å². The monoisotopic (exact) mass is 426 g/mol. The van der Waals surface area contributed by atoms with Crippen LogP contribution in [-0.4, -0.2) is 41.6 Å². The molecule has 4 heteroatoms. The molecule has 0 unspecified atom stereocenters. The molecule has 6 rings (SSSR count). The molecule has 4 nitrogen and oxygen atoms in total. The quantitative estimate of drug-likeness (QED) is 0.520. The molecule has 0 N–H and O–H groups in total. The molecule has 0 saturated heterocycles. The number of benzene rings is 2. The number of pyridine rings is 1. The van der Waals surface area contributed by atoms with Gasteiger partial charge in [-0.05, 0) is 62.0 Å². The van der Waals surface area contributed by atoms with E-state index < -0.39 is 0 Å². The highest BCUT2D eigenvalue weighted by Gasteiger charge is 2.58. The molecule has 0 radical (unpaired) electrons. The second-order valence-corrected chi connectivity index (χ2v) is 9.53. The molecule has 2 bridgehead atoms. The lowest BCUT2D eigenvalue weighted by Crippen LogP contribution is -2.61. The van der Waals surface area contributed by atoms with Gasteiger partial charge in [0.2, 0.25) is 0 Å². The topological polar surface area (TPSA) is 42.4 Å². The zero-order valence-electron chi connectivity index (χ0n) is 18.7. The highest BCUT2D eigenvalue weighted by Crippen LogP contribution is 2.60. The molecule has 3 saturated carbocycles. The molecule has 3 fully saturated rings. The molecule has 1 aromatic heterocycles. The summed E-state index contributed by atoms with van der Waals surface area (Å²) >= 11 is 0. The van der Waals surface area contributed by atoms with Gasteiger partial charge in [-0.2, -0.15) is 0 Å². The van der Waals surface area contributed by atoms with Gasteiger partial charge in [-0.3, -0.25) is 4.98 Å². The summed E-state index contributed by atoms with van der Waals surface area (Å²) < 4.78 is 6.28. The smallest absolute Gasteiger partial charge is 0.339 e. The van der Waals surface area contributed by atoms with Crippen molar-refractivity contribution in [1.82, 2.24) is 9.88 Å². The summed E-state index contributed by atoms with van der Waals surface area (Å²) in [7, 11) is 4.35. The maximum atomic E-state index is 13.1. The average Bonchev–Trinajstić information content (AvgIpc) is 2.85. The van der Waals surface area contributed by atoms with Crippen molar-refractivity contribution in [3.05, 3.63) is 102 Å². The summed E-state index contributed by atoms with van der Waals surface area (Å²) in [5.74, 6) is 0.626. The Hall–Kier alpha value is -2.98. The van der Waals surface area contributed by atoms with Crippen LogP contribution in [0.1, 0.15) is 52.6 Å². The Morgan fingerprint density at radius 2 is 1.47 bits per heavy atom. The molecular formula is C28H30N2O2. The van der Waals surface area contributed by atoms with Crippen LogP contribution in [0.15, 0.2) is 85.2 Å². The molecule has 32 heavy (non-hydrogen) atoms. The maximum absolute atomic E-state index is 13.1. The zero-order valence-corrected chi connectivity index (χ0v) is 18.7. The van der Waals surface area contributed by atoms with E-state index in [9.17, 15) is 4.79 Å². The van der Waals surface area contributed by atoms with E-state index in [4.69, 9.17) is 4.74 Å². The summed E-state index contributed by atoms with van der Waals surface area (Å²) in [5.41, 5.74) is 3.17. The number of hydrogen-bond acceptors (Lipinski definition) is 4. The van der Waals surface area contributed by atoms with Gasteiger partial charge in [0.1, 0.15) is 6.10 Å². The van der Waals surface area contributed by atoms with Crippen LogP contribution in [0.2, 0.25) is 0 Å². The molecule has 3 aliphatic carbocycles. The normalized spacial score (nSPS) is 29.1. The standard InChI is InChI=1S/C28H30N2O2/c1-30(2)28-16-23(20-10-5-3-6-11-20)26(24(17-28)21-12-7-4-8-13-21)25(18-28)32-27(31)22-14-9-15-29-19-22/h3-15,19,23-26H,16-18H2,1-2H3/t23-,24-,25+,26?,28?/m0/s1. The molecule has 2 aromatic carbocycles. The van der Waals surface area contributed by atoms with Crippen molar-refractivity contribution in [1.29, 1.82) is 0 Å². The first-order valence-electron chi connectivity index (χ1n) is 11.5. The van der Waals surface area contributed by atoms with Gasteiger partial charge < -0.3 is 9.64 Å². The third-order valence-electron chi connectivity index (χ3n) is 7.70. The lowest BCUT2D eigenvalue weighted by molar-refractivity contribution is -0.0986. The van der Waals surface area contributed by atoms with Gasteiger partial charge in [0.15, 0.2) is 0 Å². The van der Waals surface area contributed by atoms with Crippen molar-refractivity contribution < 1.29 is 9.53 Å². The fourth-order valence-electron chi connectivity index (χ4n) is 6.09. The first kappa shape index (κ1) is 20.9. The lowest BCUT2D eigenvalue weighted by atomic mass is 9.52. The van der Waals surface area contributed by atoms with E-state index >= 15 is 0 Å². The predicted octanol–water partition coefficient (Wildman–Crippen LogP) is 5.29. The second-order valence-electron chi connectivity index (χ2n) is 9.53. The lowest BCUT2D eigenvalue weighted by Gasteiger charge is -2.60. The van der Waals surface area contributed by atoms with Crippen LogP contribution in [0.25, 0.3) is 0 Å². The molecule has 0 amide bonds. The van der Waals surface area contributed by atoms with E-state index in [0.29, 0.717) is 17.4 Å². The third-order valence-corrected chi connectivity index (χ3v) is 7.70. The minimum atomic E-state index is -0.275. The minimum absolute atomic E-state index is 0.0182. The van der Waals surface area contributed by atoms with Gasteiger partial charge >= 0.3 is 5.97 Å². The molecule has 3 atom stereocenters.